The lowest BCUT2D eigenvalue weighted by Crippen LogP contribution is -2.57. The number of piperidine rings is 1. The number of methoxy groups -OCH3 is 1. The Kier molecular flexibility index (Phi) is 7.95. The van der Waals surface area contributed by atoms with Crippen LogP contribution in [0.2, 0.25) is 0 Å². The Bertz CT molecular complexity index is 861. The van der Waals surface area contributed by atoms with Crippen molar-refractivity contribution >= 4 is 35.1 Å². The van der Waals surface area contributed by atoms with Crippen LogP contribution in [0.4, 0.5) is 11.1 Å². The maximum atomic E-state index is 12.3. The molecule has 1 aliphatic rings. The zero-order valence-corrected chi connectivity index (χ0v) is 17.9. The smallest absolute Gasteiger partial charge is 0.314 e. The van der Waals surface area contributed by atoms with Gasteiger partial charge in [-0.1, -0.05) is 12.1 Å². The lowest BCUT2D eigenvalue weighted by Gasteiger charge is -2.43. The number of rotatable bonds is 6. The molecule has 2 aromatic rings. The van der Waals surface area contributed by atoms with Crippen molar-refractivity contribution in [1.29, 1.82) is 0 Å². The Morgan fingerprint density at radius 2 is 2.17 bits per heavy atom. The number of aliphatic hydroxyl groups excluding tert-OH is 1. The van der Waals surface area contributed by atoms with E-state index < -0.39 is 17.5 Å². The number of carboxylic acid groups (broad SMARTS) is 2. The van der Waals surface area contributed by atoms with Crippen molar-refractivity contribution in [3.8, 4) is 5.75 Å². The van der Waals surface area contributed by atoms with E-state index in [9.17, 15) is 15.0 Å². The van der Waals surface area contributed by atoms with Crippen LogP contribution in [0.25, 0.3) is 0 Å². The summed E-state index contributed by atoms with van der Waals surface area (Å²) in [6, 6.07) is 7.30. The minimum atomic E-state index is -1.32. The van der Waals surface area contributed by atoms with Gasteiger partial charge in [0.05, 0.1) is 13.2 Å². The fourth-order valence-corrected chi connectivity index (χ4v) is 4.13. The van der Waals surface area contributed by atoms with Gasteiger partial charge >= 0.3 is 5.97 Å². The molecule has 1 fully saturated rings. The average molecular weight is 439 g/mol. The monoisotopic (exact) mass is 438 g/mol. The van der Waals surface area contributed by atoms with Gasteiger partial charge in [0.1, 0.15) is 11.2 Å². The third-order valence-corrected chi connectivity index (χ3v) is 5.71. The van der Waals surface area contributed by atoms with Crippen LogP contribution in [-0.4, -0.2) is 77.5 Å². The van der Waals surface area contributed by atoms with Gasteiger partial charge in [0.15, 0.2) is 0 Å². The van der Waals surface area contributed by atoms with Crippen LogP contribution in [-0.2, 0) is 16.0 Å². The number of hydrogen-bond donors (Lipinski definition) is 3. The molecule has 30 heavy (non-hydrogen) atoms. The number of aromatic nitrogens is 2. The summed E-state index contributed by atoms with van der Waals surface area (Å²) >= 11 is 1.24. The molecular weight excluding hydrogens is 412 g/mol. The second kappa shape index (κ2) is 10.2. The van der Waals surface area contributed by atoms with Gasteiger partial charge in [0, 0.05) is 38.7 Å². The predicted molar refractivity (Wildman–Crippen MR) is 113 cm³/mol. The number of carboxylic acids is 1. The topological polar surface area (TPSA) is 136 Å². The van der Waals surface area contributed by atoms with E-state index >= 15 is 0 Å². The number of nitrogens with zero attached hydrogens (tertiary/aromatic N) is 4. The quantitative estimate of drug-likeness (QED) is 0.564. The van der Waals surface area contributed by atoms with Gasteiger partial charge in [-0.25, -0.2) is 0 Å². The Morgan fingerprint density at radius 3 is 2.73 bits per heavy atom. The van der Waals surface area contributed by atoms with Crippen LogP contribution in [0, 0.1) is 5.41 Å². The largest absolute Gasteiger partial charge is 0.497 e. The van der Waals surface area contributed by atoms with Crippen molar-refractivity contribution in [3.63, 3.8) is 0 Å². The van der Waals surface area contributed by atoms with E-state index in [4.69, 9.17) is 14.6 Å². The molecule has 0 saturated carbocycles. The molecule has 11 heteroatoms. The number of aliphatic carboxylic acids is 1. The number of aliphatic hydroxyl groups is 1. The van der Waals surface area contributed by atoms with E-state index in [1.807, 2.05) is 43.3 Å². The SMILES string of the molecule is COc1cccc(C[C@@]2(C(=O)O)CN(c3nc(N(C)C)ns3)CC[C@H]2O)c1.O=CO. The maximum absolute atomic E-state index is 12.3. The van der Waals surface area contributed by atoms with Crippen LogP contribution in [0.3, 0.4) is 0 Å². The number of anilines is 2. The third kappa shape index (κ3) is 5.16. The molecule has 1 aliphatic heterocycles. The molecule has 0 amide bonds. The molecule has 0 spiro atoms. The Balaban J connectivity index is 0.00000101. The number of carbonyl (C=O) groups is 2. The molecule has 1 aromatic heterocycles. The van der Waals surface area contributed by atoms with E-state index in [1.165, 1.54) is 11.5 Å². The fourth-order valence-electron chi connectivity index (χ4n) is 3.37. The molecule has 10 nitrogen and oxygen atoms in total. The number of ether oxygens (including phenoxy) is 1. The lowest BCUT2D eigenvalue weighted by molar-refractivity contribution is -0.157. The third-order valence-electron chi connectivity index (χ3n) is 4.94. The highest BCUT2D eigenvalue weighted by Gasteiger charge is 2.50. The molecule has 0 aliphatic carbocycles. The normalized spacial score (nSPS) is 20.7. The number of hydrogen-bond acceptors (Lipinski definition) is 9. The minimum Gasteiger partial charge on any atom is -0.497 e. The standard InChI is InChI=1S/C18H24N4O4S.CH2O2/c1-21(2)16-19-17(27-20-16)22-8-7-14(23)18(11-22,15(24)25)10-12-5-4-6-13(9-12)26-3;2-1-3/h4-6,9,14,23H,7-8,10-11H2,1-3H3,(H,24,25);1H,(H,2,3)/t14-,18-;/m1./s1. The van der Waals surface area contributed by atoms with Crippen molar-refractivity contribution in [2.24, 2.45) is 5.41 Å². The molecule has 3 N–H and O–H groups in total. The molecule has 0 unspecified atom stereocenters. The zero-order valence-electron chi connectivity index (χ0n) is 17.1. The average Bonchev–Trinajstić information content (AvgIpc) is 3.21. The molecule has 0 bridgehead atoms. The summed E-state index contributed by atoms with van der Waals surface area (Å²) in [5.41, 5.74) is -0.516. The van der Waals surface area contributed by atoms with Crippen molar-refractivity contribution in [1.82, 2.24) is 9.36 Å². The minimum absolute atomic E-state index is 0.169. The summed E-state index contributed by atoms with van der Waals surface area (Å²) < 4.78 is 9.54. The van der Waals surface area contributed by atoms with E-state index in [0.29, 0.717) is 29.8 Å². The van der Waals surface area contributed by atoms with Crippen LogP contribution >= 0.6 is 11.5 Å². The van der Waals surface area contributed by atoms with Gasteiger partial charge in [-0.15, -0.1) is 0 Å². The van der Waals surface area contributed by atoms with Gasteiger partial charge in [-0.05, 0) is 30.5 Å². The summed E-state index contributed by atoms with van der Waals surface area (Å²) in [6.07, 6.45) is -0.386. The van der Waals surface area contributed by atoms with Gasteiger partial charge < -0.3 is 29.9 Å². The zero-order chi connectivity index (χ0) is 22.3. The van der Waals surface area contributed by atoms with Crippen LogP contribution in [0.1, 0.15) is 12.0 Å². The first-order valence-corrected chi connectivity index (χ1v) is 9.93. The molecule has 1 saturated heterocycles. The molecule has 2 atom stereocenters. The van der Waals surface area contributed by atoms with Crippen molar-refractivity contribution in [2.45, 2.75) is 18.9 Å². The van der Waals surface area contributed by atoms with E-state index in [0.717, 1.165) is 5.56 Å². The fraction of sp³-hybridized carbons (Fsp3) is 0.474. The van der Waals surface area contributed by atoms with Crippen molar-refractivity contribution in [2.75, 3.05) is 44.1 Å². The van der Waals surface area contributed by atoms with Crippen molar-refractivity contribution < 1.29 is 29.6 Å². The highest BCUT2D eigenvalue weighted by molar-refractivity contribution is 7.09. The van der Waals surface area contributed by atoms with Crippen LogP contribution in [0.5, 0.6) is 5.75 Å². The Hall–Kier alpha value is -2.92. The van der Waals surface area contributed by atoms with Crippen molar-refractivity contribution in [3.05, 3.63) is 29.8 Å². The molecule has 0 radical (unpaired) electrons. The summed E-state index contributed by atoms with van der Waals surface area (Å²) in [5, 5.41) is 28.3. The van der Waals surface area contributed by atoms with Gasteiger partial charge in [0.25, 0.3) is 6.47 Å². The Morgan fingerprint density at radius 1 is 1.47 bits per heavy atom. The first-order chi connectivity index (χ1) is 14.3. The predicted octanol–water partition coefficient (Wildman–Crippen LogP) is 1.20. The van der Waals surface area contributed by atoms with Gasteiger partial charge in [-0.3, -0.25) is 9.59 Å². The first-order valence-electron chi connectivity index (χ1n) is 9.15. The second-order valence-electron chi connectivity index (χ2n) is 7.09. The number of benzene rings is 1. The van der Waals surface area contributed by atoms with Crippen LogP contribution < -0.4 is 14.5 Å². The van der Waals surface area contributed by atoms with E-state index in [1.54, 1.807) is 12.0 Å². The van der Waals surface area contributed by atoms with Gasteiger partial charge in [-0.2, -0.15) is 9.36 Å². The summed E-state index contributed by atoms with van der Waals surface area (Å²) in [4.78, 5) is 28.8. The lowest BCUT2D eigenvalue weighted by atomic mass is 9.73. The highest BCUT2D eigenvalue weighted by Crippen LogP contribution is 2.38. The summed E-state index contributed by atoms with van der Waals surface area (Å²) in [5.74, 6) is 0.240. The first kappa shape index (κ1) is 23.4. The van der Waals surface area contributed by atoms with Crippen LogP contribution in [0.15, 0.2) is 24.3 Å². The molecule has 164 valence electrons. The molecular formula is C19H26N4O6S. The molecule has 1 aromatic carbocycles. The summed E-state index contributed by atoms with van der Waals surface area (Å²) in [6.45, 7) is 0.457. The summed E-state index contributed by atoms with van der Waals surface area (Å²) in [7, 11) is 5.29. The van der Waals surface area contributed by atoms with E-state index in [2.05, 4.69) is 9.36 Å². The van der Waals surface area contributed by atoms with E-state index in [-0.39, 0.29) is 19.4 Å². The maximum Gasteiger partial charge on any atom is 0.314 e. The second-order valence-corrected chi connectivity index (χ2v) is 7.82. The Labute approximate surface area is 178 Å². The molecule has 2 heterocycles. The van der Waals surface area contributed by atoms with Gasteiger partial charge in [0.2, 0.25) is 11.1 Å². The molecule has 3 rings (SSSR count). The highest BCUT2D eigenvalue weighted by atomic mass is 32.1.